The highest BCUT2D eigenvalue weighted by atomic mass is 32.2. The Labute approximate surface area is 161 Å². The molecule has 0 bridgehead atoms. The number of thiazole rings is 1. The van der Waals surface area contributed by atoms with E-state index in [0.717, 1.165) is 16.1 Å². The Morgan fingerprint density at radius 3 is 2.70 bits per heavy atom. The van der Waals surface area contributed by atoms with Gasteiger partial charge >= 0.3 is 6.03 Å². The number of aromatic nitrogens is 1. The number of urea groups is 1. The number of amides is 2. The van der Waals surface area contributed by atoms with E-state index in [1.54, 1.807) is 12.1 Å². The Kier molecular flexibility index (Phi) is 5.75. The second-order valence-corrected chi connectivity index (χ2v) is 9.42. The van der Waals surface area contributed by atoms with Crippen LogP contribution in [-0.2, 0) is 29.7 Å². The van der Waals surface area contributed by atoms with E-state index in [4.69, 9.17) is 0 Å². The van der Waals surface area contributed by atoms with E-state index in [1.807, 2.05) is 0 Å². The molecule has 0 saturated carbocycles. The van der Waals surface area contributed by atoms with E-state index in [2.05, 4.69) is 15.6 Å². The number of halogens is 1. The lowest BCUT2D eigenvalue weighted by atomic mass is 10.2. The summed E-state index contributed by atoms with van der Waals surface area (Å²) in [4.78, 5) is 17.2. The molecule has 1 aromatic heterocycles. The predicted molar refractivity (Wildman–Crippen MR) is 101 cm³/mol. The van der Waals surface area contributed by atoms with Gasteiger partial charge in [-0.05, 0) is 17.7 Å². The van der Waals surface area contributed by atoms with Crippen LogP contribution in [0.3, 0.4) is 0 Å². The van der Waals surface area contributed by atoms with Crippen LogP contribution in [0.2, 0.25) is 0 Å². The average molecular weight is 414 g/mol. The van der Waals surface area contributed by atoms with Gasteiger partial charge in [-0.1, -0.05) is 23.5 Å². The molecule has 2 amide bonds. The molecule has 0 atom stereocenters. The summed E-state index contributed by atoms with van der Waals surface area (Å²) in [5.41, 5.74) is 1.58. The van der Waals surface area contributed by atoms with E-state index in [-0.39, 0.29) is 18.9 Å². The van der Waals surface area contributed by atoms with Crippen LogP contribution >= 0.6 is 11.3 Å². The SMILES string of the molecule is CN(C)S(=O)(=O)N1CCc2nc(NC(=O)NCc3ccc(F)cc3)sc2C1. The van der Waals surface area contributed by atoms with Gasteiger partial charge in [0, 0.05) is 38.5 Å². The minimum Gasteiger partial charge on any atom is -0.334 e. The summed E-state index contributed by atoms with van der Waals surface area (Å²) in [5, 5.41) is 5.76. The third-order valence-corrected chi connectivity index (χ3v) is 6.96. The molecule has 0 unspecified atom stereocenters. The molecule has 2 N–H and O–H groups in total. The molecule has 1 aliphatic heterocycles. The second-order valence-electron chi connectivity index (χ2n) is 6.20. The molecule has 11 heteroatoms. The summed E-state index contributed by atoms with van der Waals surface area (Å²) in [5.74, 6) is -0.332. The molecule has 0 aliphatic carbocycles. The van der Waals surface area contributed by atoms with Crippen LogP contribution in [0.1, 0.15) is 16.1 Å². The molecule has 1 aliphatic rings. The highest BCUT2D eigenvalue weighted by molar-refractivity contribution is 7.86. The van der Waals surface area contributed by atoms with Gasteiger partial charge in [-0.2, -0.15) is 17.0 Å². The summed E-state index contributed by atoms with van der Waals surface area (Å²) in [6, 6.07) is 5.42. The Hall–Kier alpha value is -2.08. The fraction of sp³-hybridized carbons (Fsp3) is 0.375. The van der Waals surface area contributed by atoms with Crippen molar-refractivity contribution in [3.8, 4) is 0 Å². The van der Waals surface area contributed by atoms with E-state index in [9.17, 15) is 17.6 Å². The zero-order valence-electron chi connectivity index (χ0n) is 14.9. The number of nitrogens with zero attached hydrogens (tertiary/aromatic N) is 3. The van der Waals surface area contributed by atoms with Crippen LogP contribution in [0.15, 0.2) is 24.3 Å². The van der Waals surface area contributed by atoms with Gasteiger partial charge in [-0.3, -0.25) is 5.32 Å². The first-order valence-electron chi connectivity index (χ1n) is 8.21. The minimum atomic E-state index is -3.48. The molecule has 0 spiro atoms. The third-order valence-electron chi connectivity index (χ3n) is 4.07. The van der Waals surface area contributed by atoms with E-state index < -0.39 is 16.2 Å². The summed E-state index contributed by atoms with van der Waals surface area (Å²) in [6.45, 7) is 0.853. The van der Waals surface area contributed by atoms with Crippen molar-refractivity contribution in [2.45, 2.75) is 19.5 Å². The molecule has 0 radical (unpaired) electrons. The quantitative estimate of drug-likeness (QED) is 0.781. The molecule has 8 nitrogen and oxygen atoms in total. The van der Waals surface area contributed by atoms with Crippen LogP contribution in [-0.4, -0.2) is 48.7 Å². The standard InChI is InChI=1S/C16H20FN5O3S2/c1-21(2)27(24,25)22-8-7-13-14(10-22)26-16(19-13)20-15(23)18-9-11-3-5-12(17)6-4-11/h3-6H,7-10H2,1-2H3,(H2,18,19,20,23). The molecule has 2 aromatic rings. The minimum absolute atomic E-state index is 0.242. The van der Waals surface area contributed by atoms with Crippen LogP contribution in [0, 0.1) is 5.82 Å². The van der Waals surface area contributed by atoms with E-state index in [1.165, 1.54) is 46.2 Å². The summed E-state index contributed by atoms with van der Waals surface area (Å²) in [6.07, 6.45) is 0.498. The topological polar surface area (TPSA) is 94.6 Å². The monoisotopic (exact) mass is 413 g/mol. The second kappa shape index (κ2) is 7.89. The van der Waals surface area contributed by atoms with Gasteiger partial charge in [-0.15, -0.1) is 0 Å². The van der Waals surface area contributed by atoms with Crippen LogP contribution in [0.4, 0.5) is 14.3 Å². The molecule has 0 saturated heterocycles. The fourth-order valence-corrected chi connectivity index (χ4v) is 4.76. The van der Waals surface area contributed by atoms with Crippen molar-refractivity contribution in [3.05, 3.63) is 46.2 Å². The smallest absolute Gasteiger partial charge is 0.321 e. The van der Waals surface area contributed by atoms with Crippen molar-refractivity contribution < 1.29 is 17.6 Å². The molecular weight excluding hydrogens is 393 g/mol. The lowest BCUT2D eigenvalue weighted by Crippen LogP contribution is -2.42. The van der Waals surface area contributed by atoms with Crippen LogP contribution in [0.25, 0.3) is 0 Å². The van der Waals surface area contributed by atoms with Gasteiger partial charge in [0.15, 0.2) is 5.13 Å². The lowest BCUT2D eigenvalue weighted by Gasteiger charge is -2.27. The number of rotatable bonds is 5. The van der Waals surface area contributed by atoms with Crippen molar-refractivity contribution in [1.29, 1.82) is 0 Å². The van der Waals surface area contributed by atoms with Crippen molar-refractivity contribution in [2.75, 3.05) is 26.0 Å². The van der Waals surface area contributed by atoms with Crippen LogP contribution < -0.4 is 10.6 Å². The largest absolute Gasteiger partial charge is 0.334 e. The predicted octanol–water partition coefficient (Wildman–Crippen LogP) is 1.77. The first-order chi connectivity index (χ1) is 12.8. The summed E-state index contributed by atoms with van der Waals surface area (Å²) < 4.78 is 40.0. The fourth-order valence-electron chi connectivity index (χ4n) is 2.58. The van der Waals surface area contributed by atoms with Crippen molar-refractivity contribution >= 4 is 32.7 Å². The highest BCUT2D eigenvalue weighted by Gasteiger charge is 2.30. The maximum absolute atomic E-state index is 12.9. The average Bonchev–Trinajstić information content (AvgIpc) is 3.02. The number of benzene rings is 1. The number of anilines is 1. The van der Waals surface area contributed by atoms with E-state index >= 15 is 0 Å². The van der Waals surface area contributed by atoms with Crippen LogP contribution in [0.5, 0.6) is 0 Å². The molecule has 0 fully saturated rings. The zero-order valence-corrected chi connectivity index (χ0v) is 16.5. The number of carbonyl (C=O) groups is 1. The van der Waals surface area contributed by atoms with Gasteiger partial charge in [0.2, 0.25) is 0 Å². The highest BCUT2D eigenvalue weighted by Crippen LogP contribution is 2.29. The number of carbonyl (C=O) groups excluding carboxylic acids is 1. The number of fused-ring (bicyclic) bond motifs is 1. The number of nitrogens with one attached hydrogen (secondary N) is 2. The number of hydrogen-bond acceptors (Lipinski definition) is 5. The summed E-state index contributed by atoms with van der Waals surface area (Å²) >= 11 is 1.26. The first-order valence-corrected chi connectivity index (χ1v) is 10.4. The van der Waals surface area contributed by atoms with Gasteiger partial charge in [0.1, 0.15) is 5.82 Å². The number of hydrogen-bond donors (Lipinski definition) is 2. The zero-order chi connectivity index (χ0) is 19.6. The van der Waals surface area contributed by atoms with Crippen molar-refractivity contribution in [1.82, 2.24) is 18.9 Å². The molecule has 3 rings (SSSR count). The summed E-state index contributed by atoms with van der Waals surface area (Å²) in [7, 11) is -0.488. The molecule has 1 aromatic carbocycles. The normalized spacial score (nSPS) is 14.8. The Bertz CT molecular complexity index is 928. The lowest BCUT2D eigenvalue weighted by molar-refractivity contribution is 0.251. The Morgan fingerprint density at radius 2 is 2.04 bits per heavy atom. The molecule has 146 valence electrons. The molecular formula is C16H20FN5O3S2. The van der Waals surface area contributed by atoms with Gasteiger partial charge in [0.25, 0.3) is 10.2 Å². The Balaban J connectivity index is 1.59. The van der Waals surface area contributed by atoms with Gasteiger partial charge in [0.05, 0.1) is 12.2 Å². The van der Waals surface area contributed by atoms with E-state index in [0.29, 0.717) is 18.1 Å². The Morgan fingerprint density at radius 1 is 1.33 bits per heavy atom. The third kappa shape index (κ3) is 4.61. The maximum Gasteiger partial charge on any atom is 0.321 e. The first kappa shape index (κ1) is 19.7. The molecule has 2 heterocycles. The van der Waals surface area contributed by atoms with Crippen molar-refractivity contribution in [3.63, 3.8) is 0 Å². The molecule has 27 heavy (non-hydrogen) atoms. The van der Waals surface area contributed by atoms with Crippen molar-refractivity contribution in [2.24, 2.45) is 0 Å². The van der Waals surface area contributed by atoms with Gasteiger partial charge in [-0.25, -0.2) is 14.2 Å². The maximum atomic E-state index is 12.9. The van der Waals surface area contributed by atoms with Gasteiger partial charge < -0.3 is 5.32 Å².